The van der Waals surface area contributed by atoms with Crippen LogP contribution in [0.5, 0.6) is 0 Å². The van der Waals surface area contributed by atoms with Crippen LogP contribution in [0.15, 0.2) is 48.8 Å². The van der Waals surface area contributed by atoms with Crippen LogP contribution in [0.3, 0.4) is 0 Å². The van der Waals surface area contributed by atoms with Crippen molar-refractivity contribution in [1.29, 1.82) is 0 Å². The van der Waals surface area contributed by atoms with Crippen LogP contribution >= 0.6 is 0 Å². The summed E-state index contributed by atoms with van der Waals surface area (Å²) >= 11 is 0. The highest BCUT2D eigenvalue weighted by Gasteiger charge is 2.18. The van der Waals surface area contributed by atoms with Gasteiger partial charge in [-0.2, -0.15) is 0 Å². The number of rotatable bonds is 3. The van der Waals surface area contributed by atoms with Crippen LogP contribution in [0.4, 0.5) is 4.39 Å². The highest BCUT2D eigenvalue weighted by molar-refractivity contribution is 5.84. The molecule has 1 fully saturated rings. The van der Waals surface area contributed by atoms with Crippen molar-refractivity contribution in [3.63, 3.8) is 0 Å². The fraction of sp³-hybridized carbons (Fsp3) is 0.263. The molecule has 0 atom stereocenters. The maximum Gasteiger partial charge on any atom is 0.242 e. The van der Waals surface area contributed by atoms with E-state index in [2.05, 4.69) is 4.98 Å². The van der Waals surface area contributed by atoms with Crippen molar-refractivity contribution in [3.8, 4) is 11.1 Å². The third-order valence-corrected chi connectivity index (χ3v) is 4.56. The number of carbonyl (C=O) groups is 1. The number of benzene rings is 2. The van der Waals surface area contributed by atoms with Crippen LogP contribution in [0.2, 0.25) is 0 Å². The molecule has 24 heavy (non-hydrogen) atoms. The van der Waals surface area contributed by atoms with Crippen molar-refractivity contribution in [3.05, 3.63) is 54.6 Å². The van der Waals surface area contributed by atoms with Gasteiger partial charge in [-0.05, 0) is 48.2 Å². The second-order valence-corrected chi connectivity index (χ2v) is 6.17. The molecule has 2 aromatic carbocycles. The normalized spacial score (nSPS) is 14.5. The van der Waals surface area contributed by atoms with Crippen molar-refractivity contribution in [2.24, 2.45) is 0 Å². The fourth-order valence-electron chi connectivity index (χ4n) is 3.22. The molecule has 4 rings (SSSR count). The van der Waals surface area contributed by atoms with Gasteiger partial charge in [-0.15, -0.1) is 0 Å². The third kappa shape index (κ3) is 2.77. The summed E-state index contributed by atoms with van der Waals surface area (Å²) in [5, 5.41) is 0. The molecular weight excluding hydrogens is 305 g/mol. The molecule has 0 radical (unpaired) electrons. The third-order valence-electron chi connectivity index (χ3n) is 4.56. The highest BCUT2D eigenvalue weighted by atomic mass is 19.1. The van der Waals surface area contributed by atoms with E-state index in [0.29, 0.717) is 6.54 Å². The Morgan fingerprint density at radius 3 is 2.50 bits per heavy atom. The van der Waals surface area contributed by atoms with Gasteiger partial charge < -0.3 is 9.47 Å². The standard InChI is InChI=1S/C19H18FN3O/c20-16-6-3-14(4-7-16)15-5-8-18-17(11-15)21-13-23(18)12-19(24)22-9-1-2-10-22/h3-8,11,13H,1-2,9-10,12H2. The monoisotopic (exact) mass is 323 g/mol. The first kappa shape index (κ1) is 14.9. The van der Waals surface area contributed by atoms with Gasteiger partial charge in [0, 0.05) is 13.1 Å². The first-order valence-corrected chi connectivity index (χ1v) is 8.19. The Balaban J connectivity index is 1.60. The number of carbonyl (C=O) groups excluding carboxylic acids is 1. The summed E-state index contributed by atoms with van der Waals surface area (Å²) in [6.07, 6.45) is 3.90. The van der Waals surface area contributed by atoms with Crippen molar-refractivity contribution in [1.82, 2.24) is 14.5 Å². The molecule has 5 heteroatoms. The molecule has 122 valence electrons. The van der Waals surface area contributed by atoms with Crippen molar-refractivity contribution in [2.75, 3.05) is 13.1 Å². The Hall–Kier alpha value is -2.69. The number of nitrogens with zero attached hydrogens (tertiary/aromatic N) is 3. The molecule has 1 aromatic heterocycles. The van der Waals surface area contributed by atoms with E-state index in [1.807, 2.05) is 27.7 Å². The Bertz CT molecular complexity index is 879. The second-order valence-electron chi connectivity index (χ2n) is 6.17. The average molecular weight is 323 g/mol. The van der Waals surface area contributed by atoms with Crippen LogP contribution in [0.1, 0.15) is 12.8 Å². The first-order valence-electron chi connectivity index (χ1n) is 8.19. The number of amides is 1. The lowest BCUT2D eigenvalue weighted by molar-refractivity contribution is -0.130. The van der Waals surface area contributed by atoms with Gasteiger partial charge in [0.1, 0.15) is 12.4 Å². The summed E-state index contributed by atoms with van der Waals surface area (Å²) in [7, 11) is 0. The van der Waals surface area contributed by atoms with E-state index >= 15 is 0 Å². The molecule has 0 N–H and O–H groups in total. The van der Waals surface area contributed by atoms with E-state index < -0.39 is 0 Å². The van der Waals surface area contributed by atoms with Gasteiger partial charge >= 0.3 is 0 Å². The Morgan fingerprint density at radius 2 is 1.75 bits per heavy atom. The summed E-state index contributed by atoms with van der Waals surface area (Å²) in [6, 6.07) is 12.3. The Kier molecular flexibility index (Phi) is 3.76. The minimum Gasteiger partial charge on any atom is -0.341 e. The van der Waals surface area contributed by atoms with E-state index in [1.165, 1.54) is 12.1 Å². The van der Waals surface area contributed by atoms with E-state index in [9.17, 15) is 9.18 Å². The van der Waals surface area contributed by atoms with E-state index in [1.54, 1.807) is 18.5 Å². The number of aromatic nitrogens is 2. The maximum atomic E-state index is 13.1. The summed E-state index contributed by atoms with van der Waals surface area (Å²) in [6.45, 7) is 2.05. The number of halogens is 1. The van der Waals surface area contributed by atoms with Crippen molar-refractivity contribution >= 4 is 16.9 Å². The van der Waals surface area contributed by atoms with E-state index in [-0.39, 0.29) is 11.7 Å². The molecule has 1 saturated heterocycles. The summed E-state index contributed by atoms with van der Waals surface area (Å²) in [5.41, 5.74) is 3.71. The van der Waals surface area contributed by atoms with Gasteiger partial charge in [0.15, 0.2) is 0 Å². The fourth-order valence-corrected chi connectivity index (χ4v) is 3.22. The molecule has 4 nitrogen and oxygen atoms in total. The largest absolute Gasteiger partial charge is 0.341 e. The minimum atomic E-state index is -0.246. The van der Waals surface area contributed by atoms with Gasteiger partial charge in [-0.1, -0.05) is 18.2 Å². The van der Waals surface area contributed by atoms with Gasteiger partial charge in [0.2, 0.25) is 5.91 Å². The van der Waals surface area contributed by atoms with Gasteiger partial charge in [0.25, 0.3) is 0 Å². The quantitative estimate of drug-likeness (QED) is 0.740. The molecule has 2 heterocycles. The molecule has 0 spiro atoms. The number of fused-ring (bicyclic) bond motifs is 1. The molecule has 0 unspecified atom stereocenters. The zero-order valence-electron chi connectivity index (χ0n) is 13.3. The zero-order valence-corrected chi connectivity index (χ0v) is 13.3. The Morgan fingerprint density at radius 1 is 1.04 bits per heavy atom. The van der Waals surface area contributed by atoms with Crippen LogP contribution < -0.4 is 0 Å². The molecule has 1 aliphatic heterocycles. The minimum absolute atomic E-state index is 0.148. The molecule has 0 bridgehead atoms. The van der Waals surface area contributed by atoms with Crippen LogP contribution in [0.25, 0.3) is 22.2 Å². The maximum absolute atomic E-state index is 13.1. The predicted molar refractivity (Wildman–Crippen MR) is 90.9 cm³/mol. The predicted octanol–water partition coefficient (Wildman–Crippen LogP) is 3.46. The van der Waals surface area contributed by atoms with Gasteiger partial charge in [0.05, 0.1) is 17.4 Å². The van der Waals surface area contributed by atoms with E-state index in [0.717, 1.165) is 48.1 Å². The number of hydrogen-bond donors (Lipinski definition) is 0. The van der Waals surface area contributed by atoms with Crippen LogP contribution in [0, 0.1) is 5.82 Å². The Labute approximate surface area is 139 Å². The van der Waals surface area contributed by atoms with E-state index in [4.69, 9.17) is 0 Å². The lowest BCUT2D eigenvalue weighted by Crippen LogP contribution is -2.30. The van der Waals surface area contributed by atoms with Gasteiger partial charge in [-0.25, -0.2) is 9.37 Å². The lowest BCUT2D eigenvalue weighted by Gasteiger charge is -2.15. The summed E-state index contributed by atoms with van der Waals surface area (Å²) in [4.78, 5) is 18.7. The zero-order chi connectivity index (χ0) is 16.5. The number of hydrogen-bond acceptors (Lipinski definition) is 2. The number of imidazole rings is 1. The van der Waals surface area contributed by atoms with Gasteiger partial charge in [-0.3, -0.25) is 4.79 Å². The first-order chi connectivity index (χ1) is 11.7. The second kappa shape index (κ2) is 6.07. The molecule has 0 aliphatic carbocycles. The van der Waals surface area contributed by atoms with Crippen molar-refractivity contribution in [2.45, 2.75) is 19.4 Å². The molecular formula is C19H18FN3O. The topological polar surface area (TPSA) is 38.1 Å². The molecule has 3 aromatic rings. The summed E-state index contributed by atoms with van der Waals surface area (Å²) < 4.78 is 14.9. The smallest absolute Gasteiger partial charge is 0.242 e. The van der Waals surface area contributed by atoms with Crippen LogP contribution in [-0.4, -0.2) is 33.4 Å². The lowest BCUT2D eigenvalue weighted by atomic mass is 10.1. The molecule has 0 saturated carbocycles. The summed E-state index contributed by atoms with van der Waals surface area (Å²) in [5.74, 6) is -0.0982. The van der Waals surface area contributed by atoms with Crippen molar-refractivity contribution < 1.29 is 9.18 Å². The number of likely N-dealkylation sites (tertiary alicyclic amines) is 1. The molecule has 1 amide bonds. The average Bonchev–Trinajstić information content (AvgIpc) is 3.25. The molecule has 1 aliphatic rings. The van der Waals surface area contributed by atoms with Crippen LogP contribution in [-0.2, 0) is 11.3 Å². The SMILES string of the molecule is O=C(Cn1cnc2cc(-c3ccc(F)cc3)ccc21)N1CCCC1. The highest BCUT2D eigenvalue weighted by Crippen LogP contribution is 2.24.